The highest BCUT2D eigenvalue weighted by molar-refractivity contribution is 7.09. The van der Waals surface area contributed by atoms with Gasteiger partial charge in [-0.15, -0.1) is 11.3 Å². The molecular weight excluding hydrogens is 240 g/mol. The van der Waals surface area contributed by atoms with Gasteiger partial charge in [0.05, 0.1) is 0 Å². The first kappa shape index (κ1) is 11.5. The van der Waals surface area contributed by atoms with Gasteiger partial charge >= 0.3 is 5.69 Å². The van der Waals surface area contributed by atoms with E-state index < -0.39 is 11.2 Å². The van der Waals surface area contributed by atoms with E-state index >= 15 is 0 Å². The van der Waals surface area contributed by atoms with Crippen LogP contribution in [-0.2, 0) is 13.6 Å². The molecule has 2 rings (SSSR count). The second-order valence-electron chi connectivity index (χ2n) is 3.51. The summed E-state index contributed by atoms with van der Waals surface area (Å²) < 4.78 is 1.19. The van der Waals surface area contributed by atoms with Gasteiger partial charge in [0.25, 0.3) is 5.56 Å². The van der Waals surface area contributed by atoms with Gasteiger partial charge in [0.15, 0.2) is 0 Å². The van der Waals surface area contributed by atoms with E-state index in [1.165, 1.54) is 11.6 Å². The number of rotatable bonds is 3. The van der Waals surface area contributed by atoms with Crippen LogP contribution >= 0.6 is 11.3 Å². The van der Waals surface area contributed by atoms with E-state index in [4.69, 9.17) is 5.73 Å². The third-order valence-electron chi connectivity index (χ3n) is 2.39. The number of thiophene rings is 1. The molecule has 7 heteroatoms. The minimum Gasteiger partial charge on any atom is -0.383 e. The second kappa shape index (κ2) is 4.46. The predicted octanol–water partition coefficient (Wildman–Crippen LogP) is 0.329. The van der Waals surface area contributed by atoms with Gasteiger partial charge in [-0.3, -0.25) is 14.3 Å². The fourth-order valence-corrected chi connectivity index (χ4v) is 2.04. The van der Waals surface area contributed by atoms with Crippen molar-refractivity contribution in [3.63, 3.8) is 0 Å². The van der Waals surface area contributed by atoms with Crippen LogP contribution in [-0.4, -0.2) is 9.55 Å². The van der Waals surface area contributed by atoms with E-state index in [2.05, 4.69) is 10.3 Å². The Morgan fingerprint density at radius 3 is 2.94 bits per heavy atom. The molecule has 0 spiro atoms. The fourth-order valence-electron chi connectivity index (χ4n) is 1.40. The summed E-state index contributed by atoms with van der Waals surface area (Å²) in [4.78, 5) is 26.1. The molecule has 6 nitrogen and oxygen atoms in total. The van der Waals surface area contributed by atoms with Crippen molar-refractivity contribution in [1.29, 1.82) is 0 Å². The predicted molar refractivity (Wildman–Crippen MR) is 68.4 cm³/mol. The molecule has 0 radical (unpaired) electrons. The highest BCUT2D eigenvalue weighted by Gasteiger charge is 2.09. The largest absolute Gasteiger partial charge is 0.383 e. The highest BCUT2D eigenvalue weighted by Crippen LogP contribution is 2.13. The number of nitrogens with one attached hydrogen (secondary N) is 2. The quantitative estimate of drug-likeness (QED) is 0.734. The summed E-state index contributed by atoms with van der Waals surface area (Å²) in [5, 5.41) is 4.88. The zero-order valence-corrected chi connectivity index (χ0v) is 10.0. The van der Waals surface area contributed by atoms with Crippen LogP contribution < -0.4 is 22.3 Å². The monoisotopic (exact) mass is 252 g/mol. The zero-order valence-electron chi connectivity index (χ0n) is 9.19. The third-order valence-corrected chi connectivity index (χ3v) is 3.27. The lowest BCUT2D eigenvalue weighted by atomic mass is 10.4. The van der Waals surface area contributed by atoms with Crippen LogP contribution in [0.2, 0.25) is 0 Å². The lowest BCUT2D eigenvalue weighted by Crippen LogP contribution is -2.32. The number of hydrogen-bond donors (Lipinski definition) is 3. The number of nitrogens with zero attached hydrogens (tertiary/aromatic N) is 1. The van der Waals surface area contributed by atoms with Crippen LogP contribution in [0.25, 0.3) is 0 Å². The summed E-state index contributed by atoms with van der Waals surface area (Å²) in [5.41, 5.74) is 4.91. The summed E-state index contributed by atoms with van der Waals surface area (Å²) in [6.07, 6.45) is 0. The number of aromatic nitrogens is 2. The summed E-state index contributed by atoms with van der Waals surface area (Å²) >= 11 is 1.58. The number of H-pyrrole nitrogens is 1. The van der Waals surface area contributed by atoms with Crippen LogP contribution in [0.15, 0.2) is 27.1 Å². The Morgan fingerprint density at radius 2 is 2.29 bits per heavy atom. The Bertz CT molecular complexity index is 627. The summed E-state index contributed by atoms with van der Waals surface area (Å²) in [6.45, 7) is 0.503. The third kappa shape index (κ3) is 2.23. The maximum absolute atomic E-state index is 11.6. The summed E-state index contributed by atoms with van der Waals surface area (Å²) in [5.74, 6) is 0.135. The van der Waals surface area contributed by atoms with E-state index in [9.17, 15) is 9.59 Å². The molecular formula is C10H12N4O2S. The molecule has 0 saturated carbocycles. The van der Waals surface area contributed by atoms with E-state index in [1.54, 1.807) is 11.3 Å². The molecule has 17 heavy (non-hydrogen) atoms. The second-order valence-corrected chi connectivity index (χ2v) is 4.54. The van der Waals surface area contributed by atoms with Gasteiger partial charge in [0.2, 0.25) is 0 Å². The average molecular weight is 252 g/mol. The first-order valence-corrected chi connectivity index (χ1v) is 5.82. The fraction of sp³-hybridized carbons (Fsp3) is 0.200. The molecule has 90 valence electrons. The van der Waals surface area contributed by atoms with E-state index in [1.807, 2.05) is 17.5 Å². The maximum Gasteiger partial charge on any atom is 0.329 e. The van der Waals surface area contributed by atoms with Gasteiger partial charge in [0, 0.05) is 18.5 Å². The van der Waals surface area contributed by atoms with Gasteiger partial charge in [-0.2, -0.15) is 0 Å². The van der Waals surface area contributed by atoms with Gasteiger partial charge < -0.3 is 11.1 Å². The molecule has 0 aliphatic heterocycles. The molecule has 0 saturated heterocycles. The van der Waals surface area contributed by atoms with E-state index in [0.717, 1.165) is 4.88 Å². The van der Waals surface area contributed by atoms with Crippen molar-refractivity contribution in [2.24, 2.45) is 7.05 Å². The van der Waals surface area contributed by atoms with Crippen LogP contribution in [0.1, 0.15) is 4.88 Å². The smallest absolute Gasteiger partial charge is 0.329 e. The summed E-state index contributed by atoms with van der Waals surface area (Å²) in [7, 11) is 1.50. The number of hydrogen-bond acceptors (Lipinski definition) is 5. The molecule has 0 unspecified atom stereocenters. The molecule has 4 N–H and O–H groups in total. The molecule has 0 fully saturated rings. The molecule has 0 aliphatic rings. The number of nitrogen functional groups attached to an aromatic ring is 1. The van der Waals surface area contributed by atoms with E-state index in [-0.39, 0.29) is 11.5 Å². The molecule has 0 atom stereocenters. The Hall–Kier alpha value is -2.02. The topological polar surface area (TPSA) is 92.9 Å². The van der Waals surface area contributed by atoms with Crippen molar-refractivity contribution >= 4 is 22.8 Å². The molecule has 2 heterocycles. The molecule has 2 aromatic rings. The Morgan fingerprint density at radius 1 is 1.53 bits per heavy atom. The lowest BCUT2D eigenvalue weighted by Gasteiger charge is -2.09. The number of aromatic amines is 1. The van der Waals surface area contributed by atoms with Crippen LogP contribution in [0.4, 0.5) is 11.5 Å². The minimum atomic E-state index is -0.519. The van der Waals surface area contributed by atoms with Crippen LogP contribution in [0, 0.1) is 0 Å². The zero-order chi connectivity index (χ0) is 12.4. The standard InChI is InChI=1S/C10H12N4O2S/c1-14-8(11)7(9(15)13-10(14)16)12-5-6-3-2-4-17-6/h2-4,12H,5,11H2,1H3,(H,13,15,16). The average Bonchev–Trinajstić information content (AvgIpc) is 2.79. The van der Waals surface area contributed by atoms with Crippen molar-refractivity contribution in [3.05, 3.63) is 43.2 Å². The van der Waals surface area contributed by atoms with Crippen LogP contribution in [0.5, 0.6) is 0 Å². The number of nitrogens with two attached hydrogens (primary N) is 1. The van der Waals surface area contributed by atoms with Gasteiger partial charge in [-0.05, 0) is 11.4 Å². The van der Waals surface area contributed by atoms with Crippen molar-refractivity contribution in [1.82, 2.24) is 9.55 Å². The normalized spacial score (nSPS) is 10.4. The SMILES string of the molecule is Cn1c(N)c(NCc2cccs2)c(=O)[nH]c1=O. The Balaban J connectivity index is 2.30. The van der Waals surface area contributed by atoms with Gasteiger partial charge in [0.1, 0.15) is 11.5 Å². The Labute approximate surface area is 101 Å². The van der Waals surface area contributed by atoms with Crippen molar-refractivity contribution in [3.8, 4) is 0 Å². The maximum atomic E-state index is 11.6. The lowest BCUT2D eigenvalue weighted by molar-refractivity contribution is 0.813. The van der Waals surface area contributed by atoms with E-state index in [0.29, 0.717) is 6.54 Å². The molecule has 0 aromatic carbocycles. The first-order chi connectivity index (χ1) is 8.09. The molecule has 2 aromatic heterocycles. The van der Waals surface area contributed by atoms with Crippen molar-refractivity contribution < 1.29 is 0 Å². The molecule has 0 bridgehead atoms. The molecule has 0 aliphatic carbocycles. The minimum absolute atomic E-state index is 0.135. The van der Waals surface area contributed by atoms with Gasteiger partial charge in [-0.1, -0.05) is 6.07 Å². The highest BCUT2D eigenvalue weighted by atomic mass is 32.1. The van der Waals surface area contributed by atoms with Crippen LogP contribution in [0.3, 0.4) is 0 Å². The van der Waals surface area contributed by atoms with Crippen molar-refractivity contribution in [2.45, 2.75) is 6.54 Å². The summed E-state index contributed by atoms with van der Waals surface area (Å²) in [6, 6.07) is 3.88. The first-order valence-electron chi connectivity index (χ1n) is 4.94. The molecule has 0 amide bonds. The Kier molecular flexibility index (Phi) is 3.01. The number of anilines is 2. The van der Waals surface area contributed by atoms with Gasteiger partial charge in [-0.25, -0.2) is 4.79 Å². The van der Waals surface area contributed by atoms with Crippen molar-refractivity contribution in [2.75, 3.05) is 11.1 Å².